The highest BCUT2D eigenvalue weighted by Crippen LogP contribution is 2.47. The molecule has 1 unspecified atom stereocenters. The molecule has 0 saturated heterocycles. The molecule has 1 saturated carbocycles. The van der Waals surface area contributed by atoms with Crippen LogP contribution in [0.25, 0.3) is 0 Å². The van der Waals surface area contributed by atoms with E-state index in [-0.39, 0.29) is 35.7 Å². The molecule has 7 nitrogen and oxygen atoms in total. The van der Waals surface area contributed by atoms with Crippen LogP contribution >= 0.6 is 0 Å². The smallest absolute Gasteiger partial charge is 0.416 e. The molecule has 0 aliphatic heterocycles. The van der Waals surface area contributed by atoms with Crippen LogP contribution in [0.1, 0.15) is 62.9 Å². The fourth-order valence-electron chi connectivity index (χ4n) is 4.67. The minimum absolute atomic E-state index is 0.0430. The molecule has 0 bridgehead atoms. The number of carbonyl (C=O) groups excluding carboxylic acids is 2. The Kier molecular flexibility index (Phi) is 7.33. The zero-order valence-corrected chi connectivity index (χ0v) is 20.3. The highest BCUT2D eigenvalue weighted by Gasteiger charge is 2.41. The molecule has 1 aliphatic carbocycles. The minimum Gasteiger partial charge on any atom is -0.508 e. The second kappa shape index (κ2) is 9.75. The van der Waals surface area contributed by atoms with Gasteiger partial charge in [0.25, 0.3) is 0 Å². The normalized spacial score (nSPS) is 16.3. The number of aromatic hydroxyl groups is 1. The molecule has 1 aliphatic rings. The van der Waals surface area contributed by atoms with E-state index in [1.165, 1.54) is 6.20 Å². The van der Waals surface area contributed by atoms with Crippen molar-refractivity contribution < 1.29 is 27.9 Å². The van der Waals surface area contributed by atoms with Gasteiger partial charge in [0.15, 0.2) is 6.04 Å². The molecule has 3 rings (SSSR count). The second-order valence-corrected chi connectivity index (χ2v) is 10.2. The van der Waals surface area contributed by atoms with E-state index in [1.807, 2.05) is 0 Å². The summed E-state index contributed by atoms with van der Waals surface area (Å²) in [5.41, 5.74) is 0.206. The first-order valence-electron chi connectivity index (χ1n) is 11.3. The van der Waals surface area contributed by atoms with Crippen molar-refractivity contribution in [1.29, 1.82) is 0 Å². The number of H-pyrrole nitrogens is 1. The van der Waals surface area contributed by atoms with Gasteiger partial charge in [-0.2, -0.15) is 18.3 Å². The third kappa shape index (κ3) is 6.23. The lowest BCUT2D eigenvalue weighted by molar-refractivity contribution is -0.137. The average Bonchev–Trinajstić information content (AvgIpc) is 3.12. The molecular weight excluding hydrogens is 461 g/mol. The summed E-state index contributed by atoms with van der Waals surface area (Å²) in [4.78, 5) is 28.1. The van der Waals surface area contributed by atoms with Crippen molar-refractivity contribution in [2.24, 2.45) is 11.3 Å². The van der Waals surface area contributed by atoms with Gasteiger partial charge in [0, 0.05) is 24.7 Å². The first-order chi connectivity index (χ1) is 16.2. The summed E-state index contributed by atoms with van der Waals surface area (Å²) in [6.45, 7) is 11.4. The number of aryl methyl sites for hydroxylation is 1. The maximum Gasteiger partial charge on any atom is 0.416 e. The lowest BCUT2D eigenvalue weighted by Gasteiger charge is -2.43. The molecule has 1 atom stereocenters. The fourth-order valence-corrected chi connectivity index (χ4v) is 4.67. The van der Waals surface area contributed by atoms with E-state index in [0.29, 0.717) is 17.2 Å². The Hall–Kier alpha value is -3.30. The van der Waals surface area contributed by atoms with Crippen molar-refractivity contribution in [3.8, 4) is 5.75 Å². The Balaban J connectivity index is 2.11. The quantitative estimate of drug-likeness (QED) is 0.450. The van der Waals surface area contributed by atoms with Crippen LogP contribution in [-0.4, -0.2) is 33.7 Å². The van der Waals surface area contributed by atoms with E-state index < -0.39 is 35.3 Å². The summed E-state index contributed by atoms with van der Waals surface area (Å²) < 4.78 is 40.7. The maximum absolute atomic E-state index is 13.7. The number of phenols is 1. The fraction of sp³-hybridized carbons (Fsp3) is 0.480. The lowest BCUT2D eigenvalue weighted by Crippen LogP contribution is -2.46. The number of alkyl halides is 3. The van der Waals surface area contributed by atoms with Crippen LogP contribution < -0.4 is 10.2 Å². The molecule has 1 heterocycles. The van der Waals surface area contributed by atoms with Crippen LogP contribution in [0.3, 0.4) is 0 Å². The molecule has 35 heavy (non-hydrogen) atoms. The Morgan fingerprint density at radius 1 is 1.31 bits per heavy atom. The first-order valence-corrected chi connectivity index (χ1v) is 11.3. The van der Waals surface area contributed by atoms with Crippen molar-refractivity contribution in [2.75, 3.05) is 11.4 Å². The number of halogens is 3. The topological polar surface area (TPSA) is 98.3 Å². The Bertz CT molecular complexity index is 1120. The Morgan fingerprint density at radius 3 is 2.49 bits per heavy atom. The van der Waals surface area contributed by atoms with E-state index in [1.54, 1.807) is 13.8 Å². The number of hydrogen-bond donors (Lipinski definition) is 3. The molecule has 1 aromatic carbocycles. The zero-order valence-electron chi connectivity index (χ0n) is 20.3. The van der Waals surface area contributed by atoms with Gasteiger partial charge in [-0.25, -0.2) is 0 Å². The molecule has 0 spiro atoms. The van der Waals surface area contributed by atoms with Gasteiger partial charge in [-0.3, -0.25) is 19.6 Å². The number of nitrogens with zero attached hydrogens (tertiary/aromatic N) is 2. The predicted molar refractivity (Wildman–Crippen MR) is 126 cm³/mol. The second-order valence-electron chi connectivity index (χ2n) is 10.2. The van der Waals surface area contributed by atoms with Crippen LogP contribution in [-0.2, 0) is 15.8 Å². The van der Waals surface area contributed by atoms with Crippen LogP contribution in [0.15, 0.2) is 36.5 Å². The molecule has 2 aromatic rings. The van der Waals surface area contributed by atoms with Gasteiger partial charge in [0.1, 0.15) is 5.75 Å². The van der Waals surface area contributed by atoms with E-state index in [2.05, 4.69) is 35.9 Å². The predicted octanol–water partition coefficient (Wildman–Crippen LogP) is 5.04. The van der Waals surface area contributed by atoms with Crippen molar-refractivity contribution >= 4 is 17.5 Å². The lowest BCUT2D eigenvalue weighted by atomic mass is 9.63. The molecule has 1 aromatic heterocycles. The summed E-state index contributed by atoms with van der Waals surface area (Å²) in [6.07, 6.45) is -1.67. The molecule has 3 N–H and O–H groups in total. The first kappa shape index (κ1) is 26.3. The number of hydrogen-bond acceptors (Lipinski definition) is 4. The molecule has 2 amide bonds. The SMILES string of the molecule is C=C(C)CNC(=O)C(c1[nH]ncc1C)N(C(=O)CC1CC(C)(C)C1)c1cc(O)cc(C(F)(F)F)c1. The number of aromatic amines is 1. The maximum atomic E-state index is 13.7. The molecule has 1 fully saturated rings. The molecule has 190 valence electrons. The van der Waals surface area contributed by atoms with Gasteiger partial charge in [0.05, 0.1) is 17.5 Å². The number of aromatic nitrogens is 2. The van der Waals surface area contributed by atoms with Gasteiger partial charge in [-0.1, -0.05) is 26.0 Å². The van der Waals surface area contributed by atoms with Crippen molar-refractivity contribution in [2.45, 2.75) is 59.2 Å². The van der Waals surface area contributed by atoms with Gasteiger partial charge in [0.2, 0.25) is 11.8 Å². The van der Waals surface area contributed by atoms with Gasteiger partial charge in [-0.05, 0) is 55.7 Å². The number of carbonyl (C=O) groups is 2. The third-order valence-electron chi connectivity index (χ3n) is 6.13. The van der Waals surface area contributed by atoms with Crippen molar-refractivity contribution in [3.63, 3.8) is 0 Å². The van der Waals surface area contributed by atoms with E-state index in [0.717, 1.165) is 29.9 Å². The third-order valence-corrected chi connectivity index (χ3v) is 6.13. The van der Waals surface area contributed by atoms with Crippen LogP contribution in [0, 0.1) is 18.3 Å². The number of nitrogens with one attached hydrogen (secondary N) is 2. The summed E-state index contributed by atoms with van der Waals surface area (Å²) in [6, 6.07) is 1.08. The van der Waals surface area contributed by atoms with E-state index in [4.69, 9.17) is 0 Å². The Labute approximate surface area is 202 Å². The standard InChI is InChI=1S/C25H31F3N4O3/c1-14(2)12-29-23(35)22(21-15(3)13-30-31-21)32(20(34)6-16-10-24(4,5)11-16)18-7-17(25(26,27)28)8-19(33)9-18/h7-9,13,16,22,33H,1,6,10-12H2,2-5H3,(H,29,35)(H,30,31). The van der Waals surface area contributed by atoms with Crippen LogP contribution in [0.5, 0.6) is 5.75 Å². The number of benzene rings is 1. The largest absolute Gasteiger partial charge is 0.508 e. The summed E-state index contributed by atoms with van der Waals surface area (Å²) >= 11 is 0. The van der Waals surface area contributed by atoms with Gasteiger partial charge >= 0.3 is 6.18 Å². The number of phenolic OH excluding ortho intramolecular Hbond substituents is 1. The summed E-state index contributed by atoms with van der Waals surface area (Å²) in [5, 5.41) is 19.5. The highest BCUT2D eigenvalue weighted by molar-refractivity contribution is 6.01. The Morgan fingerprint density at radius 2 is 1.97 bits per heavy atom. The van der Waals surface area contributed by atoms with Crippen LogP contribution in [0.2, 0.25) is 0 Å². The zero-order chi connectivity index (χ0) is 26.1. The van der Waals surface area contributed by atoms with E-state index in [9.17, 15) is 27.9 Å². The van der Waals surface area contributed by atoms with Gasteiger partial charge in [-0.15, -0.1) is 0 Å². The number of rotatable bonds is 8. The van der Waals surface area contributed by atoms with Gasteiger partial charge < -0.3 is 10.4 Å². The summed E-state index contributed by atoms with van der Waals surface area (Å²) in [5.74, 6) is -1.76. The molecule has 0 radical (unpaired) electrons. The van der Waals surface area contributed by atoms with Crippen LogP contribution in [0.4, 0.5) is 18.9 Å². The van der Waals surface area contributed by atoms with E-state index >= 15 is 0 Å². The number of amides is 2. The highest BCUT2D eigenvalue weighted by atomic mass is 19.4. The number of anilines is 1. The van der Waals surface area contributed by atoms with Crippen molar-refractivity contribution in [3.05, 3.63) is 53.4 Å². The minimum atomic E-state index is -4.76. The molecular formula is C25H31F3N4O3. The summed E-state index contributed by atoms with van der Waals surface area (Å²) in [7, 11) is 0. The molecule has 10 heteroatoms. The van der Waals surface area contributed by atoms with Crippen molar-refractivity contribution in [1.82, 2.24) is 15.5 Å². The monoisotopic (exact) mass is 492 g/mol. The average molecular weight is 493 g/mol.